The minimum atomic E-state index is -0.886. The number of methoxy groups -OCH3 is 1. The van der Waals surface area contributed by atoms with Crippen molar-refractivity contribution in [3.05, 3.63) is 95.5 Å². The standard InChI is InChI=1S/C28H29ClN4O5/c1-3-37-28(34)27(32-22-14-23(16-24(15-22)35-2)33-19-30-18-31-33)25-10-9-21(29)13-26(25)38-12-11-36-17-20-7-5-4-6-8-20/h4-10,13-16,18-19,27,32H,3,11-12,17H2,1-2H3. The van der Waals surface area contributed by atoms with Gasteiger partial charge in [0.2, 0.25) is 0 Å². The van der Waals surface area contributed by atoms with Crippen molar-refractivity contribution in [2.45, 2.75) is 19.6 Å². The van der Waals surface area contributed by atoms with Crippen LogP contribution in [0, 0.1) is 0 Å². The molecule has 4 aromatic rings. The predicted octanol–water partition coefficient (Wildman–Crippen LogP) is 5.24. The summed E-state index contributed by atoms with van der Waals surface area (Å²) in [4.78, 5) is 17.1. The van der Waals surface area contributed by atoms with Gasteiger partial charge in [0.15, 0.2) is 6.04 Å². The fraction of sp³-hybridized carbons (Fsp3) is 0.250. The minimum absolute atomic E-state index is 0.219. The lowest BCUT2D eigenvalue weighted by Gasteiger charge is -2.22. The maximum absolute atomic E-state index is 13.1. The lowest BCUT2D eigenvalue weighted by Crippen LogP contribution is -2.24. The van der Waals surface area contributed by atoms with Crippen molar-refractivity contribution in [3.63, 3.8) is 0 Å². The molecule has 0 radical (unpaired) electrons. The lowest BCUT2D eigenvalue weighted by atomic mass is 10.0. The van der Waals surface area contributed by atoms with Crippen molar-refractivity contribution < 1.29 is 23.7 Å². The summed E-state index contributed by atoms with van der Waals surface area (Å²) in [5.41, 5.74) is 2.96. The monoisotopic (exact) mass is 536 g/mol. The summed E-state index contributed by atoms with van der Waals surface area (Å²) in [7, 11) is 1.57. The third-order valence-corrected chi connectivity index (χ3v) is 5.76. The van der Waals surface area contributed by atoms with Gasteiger partial charge >= 0.3 is 5.97 Å². The summed E-state index contributed by atoms with van der Waals surface area (Å²) < 4.78 is 24.2. The van der Waals surface area contributed by atoms with Crippen LogP contribution < -0.4 is 14.8 Å². The summed E-state index contributed by atoms with van der Waals surface area (Å²) >= 11 is 6.28. The molecule has 0 amide bonds. The van der Waals surface area contributed by atoms with Gasteiger partial charge in [-0.2, -0.15) is 5.10 Å². The van der Waals surface area contributed by atoms with Crippen molar-refractivity contribution >= 4 is 23.3 Å². The Balaban J connectivity index is 1.55. The van der Waals surface area contributed by atoms with Crippen LogP contribution >= 0.6 is 11.6 Å². The number of ether oxygens (including phenoxy) is 4. The first-order valence-electron chi connectivity index (χ1n) is 12.1. The maximum Gasteiger partial charge on any atom is 0.333 e. The number of anilines is 1. The summed E-state index contributed by atoms with van der Waals surface area (Å²) in [6.07, 6.45) is 3.02. The second kappa shape index (κ2) is 13.5. The van der Waals surface area contributed by atoms with Crippen LogP contribution in [0.25, 0.3) is 5.69 Å². The van der Waals surface area contributed by atoms with Gasteiger partial charge in [-0.25, -0.2) is 14.5 Å². The molecular weight excluding hydrogens is 508 g/mol. The Hall–Kier alpha value is -4.08. The van der Waals surface area contributed by atoms with E-state index in [0.717, 1.165) is 5.56 Å². The molecule has 1 heterocycles. The van der Waals surface area contributed by atoms with E-state index >= 15 is 0 Å². The highest BCUT2D eigenvalue weighted by Gasteiger charge is 2.26. The average Bonchev–Trinajstić information content (AvgIpc) is 3.48. The van der Waals surface area contributed by atoms with E-state index in [9.17, 15) is 4.79 Å². The quantitative estimate of drug-likeness (QED) is 0.183. The van der Waals surface area contributed by atoms with Crippen molar-refractivity contribution in [2.24, 2.45) is 0 Å². The Morgan fingerprint density at radius 1 is 1.08 bits per heavy atom. The fourth-order valence-electron chi connectivity index (χ4n) is 3.76. The zero-order chi connectivity index (χ0) is 26.7. The second-order valence-electron chi connectivity index (χ2n) is 8.16. The van der Waals surface area contributed by atoms with Crippen LogP contribution in [0.4, 0.5) is 5.69 Å². The molecule has 1 N–H and O–H groups in total. The number of nitrogens with zero attached hydrogens (tertiary/aromatic N) is 3. The third kappa shape index (κ3) is 7.24. The molecule has 0 aliphatic heterocycles. The Morgan fingerprint density at radius 3 is 2.66 bits per heavy atom. The van der Waals surface area contributed by atoms with Gasteiger partial charge in [-0.1, -0.05) is 48.0 Å². The molecule has 0 aliphatic carbocycles. The van der Waals surface area contributed by atoms with Gasteiger partial charge in [0.25, 0.3) is 0 Å². The highest BCUT2D eigenvalue weighted by atomic mass is 35.5. The van der Waals surface area contributed by atoms with Crippen LogP contribution in [0.15, 0.2) is 79.4 Å². The summed E-state index contributed by atoms with van der Waals surface area (Å²) in [5, 5.41) is 7.93. The van der Waals surface area contributed by atoms with E-state index in [-0.39, 0.29) is 13.2 Å². The number of aromatic nitrogens is 3. The first-order chi connectivity index (χ1) is 18.6. The molecule has 1 unspecified atom stereocenters. The number of carbonyl (C=O) groups excluding carboxylic acids is 1. The third-order valence-electron chi connectivity index (χ3n) is 5.53. The zero-order valence-corrected chi connectivity index (χ0v) is 21.9. The molecule has 0 aliphatic rings. The smallest absolute Gasteiger partial charge is 0.333 e. The van der Waals surface area contributed by atoms with Crippen molar-refractivity contribution in [1.82, 2.24) is 14.8 Å². The fourth-order valence-corrected chi connectivity index (χ4v) is 3.92. The average molecular weight is 537 g/mol. The van der Waals surface area contributed by atoms with Crippen LogP contribution in [-0.2, 0) is 20.9 Å². The van der Waals surface area contributed by atoms with E-state index in [1.807, 2.05) is 42.5 Å². The number of hydrogen-bond donors (Lipinski definition) is 1. The van der Waals surface area contributed by atoms with Gasteiger partial charge in [0.05, 0.1) is 32.6 Å². The van der Waals surface area contributed by atoms with Crippen LogP contribution in [0.2, 0.25) is 5.02 Å². The van der Waals surface area contributed by atoms with Gasteiger partial charge in [-0.3, -0.25) is 0 Å². The van der Waals surface area contributed by atoms with Crippen LogP contribution in [0.3, 0.4) is 0 Å². The van der Waals surface area contributed by atoms with E-state index in [4.69, 9.17) is 30.5 Å². The van der Waals surface area contributed by atoms with E-state index in [1.165, 1.54) is 6.33 Å². The van der Waals surface area contributed by atoms with Crippen molar-refractivity contribution in [1.29, 1.82) is 0 Å². The molecule has 1 atom stereocenters. The number of hydrogen-bond acceptors (Lipinski definition) is 8. The molecular formula is C28H29ClN4O5. The molecule has 4 rings (SSSR count). The Labute approximate surface area is 226 Å². The highest BCUT2D eigenvalue weighted by Crippen LogP contribution is 2.33. The van der Waals surface area contributed by atoms with Crippen LogP contribution in [-0.4, -0.2) is 47.7 Å². The lowest BCUT2D eigenvalue weighted by molar-refractivity contribution is -0.144. The van der Waals surface area contributed by atoms with Crippen molar-refractivity contribution in [3.8, 4) is 17.2 Å². The molecule has 0 saturated heterocycles. The van der Waals surface area contributed by atoms with E-state index in [2.05, 4.69) is 15.4 Å². The predicted molar refractivity (Wildman–Crippen MR) is 144 cm³/mol. The summed E-state index contributed by atoms with van der Waals surface area (Å²) in [6, 6.07) is 19.5. The van der Waals surface area contributed by atoms with Gasteiger partial charge in [0.1, 0.15) is 30.8 Å². The Morgan fingerprint density at radius 2 is 1.92 bits per heavy atom. The number of esters is 1. The molecule has 1 aromatic heterocycles. The number of nitrogens with one attached hydrogen (secondary N) is 1. The van der Waals surface area contributed by atoms with Crippen LogP contribution in [0.1, 0.15) is 24.1 Å². The first-order valence-corrected chi connectivity index (χ1v) is 12.5. The highest BCUT2D eigenvalue weighted by molar-refractivity contribution is 6.30. The molecule has 10 heteroatoms. The second-order valence-corrected chi connectivity index (χ2v) is 8.59. The number of rotatable bonds is 13. The topological polar surface area (TPSA) is 96.7 Å². The molecule has 0 saturated carbocycles. The SMILES string of the molecule is CCOC(=O)C(Nc1cc(OC)cc(-n2cncn2)c1)c1ccc(Cl)cc1OCCOCc1ccccc1. The van der Waals surface area contributed by atoms with Gasteiger partial charge in [-0.15, -0.1) is 0 Å². The maximum atomic E-state index is 13.1. The Kier molecular flexibility index (Phi) is 9.55. The minimum Gasteiger partial charge on any atom is -0.497 e. The number of benzene rings is 3. The molecule has 38 heavy (non-hydrogen) atoms. The number of halogens is 1. The molecule has 3 aromatic carbocycles. The molecule has 198 valence electrons. The van der Waals surface area contributed by atoms with E-state index in [1.54, 1.807) is 49.3 Å². The molecule has 0 spiro atoms. The summed E-state index contributed by atoms with van der Waals surface area (Å²) in [6.45, 7) is 3.08. The number of carbonyl (C=O) groups is 1. The van der Waals surface area contributed by atoms with E-state index in [0.29, 0.717) is 46.7 Å². The molecule has 9 nitrogen and oxygen atoms in total. The van der Waals surface area contributed by atoms with Gasteiger partial charge < -0.3 is 24.3 Å². The summed E-state index contributed by atoms with van der Waals surface area (Å²) in [5.74, 6) is 0.558. The zero-order valence-electron chi connectivity index (χ0n) is 21.2. The van der Waals surface area contributed by atoms with Crippen molar-refractivity contribution in [2.75, 3.05) is 32.2 Å². The largest absolute Gasteiger partial charge is 0.497 e. The first kappa shape index (κ1) is 27.0. The normalized spacial score (nSPS) is 11.6. The Bertz CT molecular complexity index is 1320. The molecule has 0 fully saturated rings. The van der Waals surface area contributed by atoms with Gasteiger partial charge in [-0.05, 0) is 30.7 Å². The van der Waals surface area contributed by atoms with Gasteiger partial charge in [0, 0.05) is 28.4 Å². The molecule has 0 bridgehead atoms. The van der Waals surface area contributed by atoms with E-state index < -0.39 is 12.0 Å². The van der Waals surface area contributed by atoms with Crippen LogP contribution in [0.5, 0.6) is 11.5 Å².